The predicted molar refractivity (Wildman–Crippen MR) is 109 cm³/mol. The fourth-order valence-electron chi connectivity index (χ4n) is 3.22. The van der Waals surface area contributed by atoms with E-state index in [0.29, 0.717) is 30.7 Å². The smallest absolute Gasteiger partial charge is 0.465 e. The minimum Gasteiger partial charge on any atom is -0.465 e. The highest BCUT2D eigenvalue weighted by Crippen LogP contribution is 2.29. The maximum Gasteiger partial charge on any atom is 0.491 e. The van der Waals surface area contributed by atoms with E-state index >= 15 is 0 Å². The number of anilines is 1. The Kier molecular flexibility index (Phi) is 7.13. The molecule has 1 aliphatic rings. The van der Waals surface area contributed by atoms with E-state index in [0.717, 1.165) is 11.7 Å². The van der Waals surface area contributed by atoms with Gasteiger partial charge in [-0.05, 0) is 18.5 Å². The zero-order valence-corrected chi connectivity index (χ0v) is 18.2. The number of fused-ring (bicyclic) bond motifs is 1. The molecule has 1 aliphatic heterocycles. The van der Waals surface area contributed by atoms with Gasteiger partial charge >= 0.3 is 23.8 Å². The van der Waals surface area contributed by atoms with Crippen LogP contribution in [0.4, 0.5) is 19.0 Å². The van der Waals surface area contributed by atoms with Gasteiger partial charge in [-0.2, -0.15) is 23.1 Å². The monoisotopic (exact) mass is 490 g/mol. The molecule has 1 fully saturated rings. The van der Waals surface area contributed by atoms with Crippen LogP contribution in [-0.4, -0.2) is 70.5 Å². The maximum atomic E-state index is 13.3. The Morgan fingerprint density at radius 1 is 1.27 bits per heavy atom. The molecule has 1 unspecified atom stereocenters. The molecule has 33 heavy (non-hydrogen) atoms. The Labute approximate surface area is 189 Å². The molecule has 2 aromatic heterocycles. The number of carbonyl (C=O) groups is 2. The van der Waals surface area contributed by atoms with Crippen LogP contribution in [0.2, 0.25) is 5.28 Å². The van der Waals surface area contributed by atoms with Gasteiger partial charge in [-0.15, -0.1) is 5.92 Å². The van der Waals surface area contributed by atoms with Crippen molar-refractivity contribution in [3.63, 3.8) is 0 Å². The average molecular weight is 491 g/mol. The lowest BCUT2D eigenvalue weighted by Gasteiger charge is -2.29. The van der Waals surface area contributed by atoms with Crippen molar-refractivity contribution in [2.75, 3.05) is 38.2 Å². The van der Waals surface area contributed by atoms with Crippen LogP contribution in [0.3, 0.4) is 0 Å². The number of nitrogens with zero attached hydrogens (tertiary/aromatic N) is 5. The summed E-state index contributed by atoms with van der Waals surface area (Å²) in [5.41, 5.74) is -1.28. The number of rotatable bonds is 5. The molecule has 3 heterocycles. The second-order valence-electron chi connectivity index (χ2n) is 6.67. The summed E-state index contributed by atoms with van der Waals surface area (Å²) in [6.45, 7) is 3.46. The number of ether oxygens (including phenoxy) is 2. The number of nitrogens with one attached hydrogen (secondary N) is 1. The van der Waals surface area contributed by atoms with Gasteiger partial charge in [0, 0.05) is 26.2 Å². The summed E-state index contributed by atoms with van der Waals surface area (Å²) in [6.07, 6.45) is -7.85. The summed E-state index contributed by atoms with van der Waals surface area (Å²) >= 11 is 6.06. The molecule has 2 aromatic rings. The van der Waals surface area contributed by atoms with Gasteiger partial charge < -0.3 is 19.7 Å². The Hall–Kier alpha value is -3.31. The topological polar surface area (TPSA) is 121 Å². The summed E-state index contributed by atoms with van der Waals surface area (Å²) in [6, 6.07) is 0. The van der Waals surface area contributed by atoms with Crippen LogP contribution in [0.5, 0.6) is 0 Å². The molecule has 15 heteroatoms. The van der Waals surface area contributed by atoms with Crippen molar-refractivity contribution in [2.24, 2.45) is 0 Å². The van der Waals surface area contributed by atoms with Gasteiger partial charge in [-0.25, -0.2) is 19.0 Å². The maximum absolute atomic E-state index is 13.3. The van der Waals surface area contributed by atoms with Crippen LogP contribution >= 0.6 is 11.6 Å². The third-order valence-corrected chi connectivity index (χ3v) is 4.84. The summed E-state index contributed by atoms with van der Waals surface area (Å²) in [5, 5.41) is 2.81. The zero-order chi connectivity index (χ0) is 24.3. The van der Waals surface area contributed by atoms with Crippen LogP contribution in [0, 0.1) is 11.8 Å². The van der Waals surface area contributed by atoms with Crippen molar-refractivity contribution >= 4 is 40.5 Å². The molecule has 0 aliphatic carbocycles. The minimum absolute atomic E-state index is 0.0611. The predicted octanol–water partition coefficient (Wildman–Crippen LogP) is 0.456. The Balaban J connectivity index is 2.31. The summed E-state index contributed by atoms with van der Waals surface area (Å²) in [4.78, 5) is 47.0. The van der Waals surface area contributed by atoms with Gasteiger partial charge in [-0.3, -0.25) is 4.57 Å². The van der Waals surface area contributed by atoms with Crippen LogP contribution in [-0.2, 0) is 25.6 Å². The van der Waals surface area contributed by atoms with Crippen molar-refractivity contribution in [1.29, 1.82) is 0 Å². The van der Waals surface area contributed by atoms with Crippen LogP contribution in [0.1, 0.15) is 13.2 Å². The molecule has 0 saturated carbocycles. The Morgan fingerprint density at radius 3 is 2.52 bits per heavy atom. The number of esters is 2. The highest BCUT2D eigenvalue weighted by atomic mass is 35.5. The van der Waals surface area contributed by atoms with E-state index in [1.54, 1.807) is 4.90 Å². The van der Waals surface area contributed by atoms with E-state index in [4.69, 9.17) is 11.6 Å². The lowest BCUT2D eigenvalue weighted by atomic mass is 10.3. The summed E-state index contributed by atoms with van der Waals surface area (Å²) in [5.74, 6) is 1.37. The molecule has 0 spiro atoms. The number of hydrogen-bond donors (Lipinski definition) is 1. The lowest BCUT2D eigenvalue weighted by molar-refractivity contribution is -0.212. The van der Waals surface area contributed by atoms with Gasteiger partial charge in [0.2, 0.25) is 5.28 Å². The van der Waals surface area contributed by atoms with Crippen molar-refractivity contribution in [1.82, 2.24) is 24.4 Å². The number of methoxy groups -OCH3 is 1. The fourth-order valence-corrected chi connectivity index (χ4v) is 3.38. The number of hydrogen-bond acceptors (Lipinski definition) is 9. The summed E-state index contributed by atoms with van der Waals surface area (Å²) < 4.78 is 48.9. The Morgan fingerprint density at radius 2 is 1.94 bits per heavy atom. The van der Waals surface area contributed by atoms with Crippen LogP contribution < -0.4 is 15.9 Å². The molecule has 1 N–H and O–H groups in total. The Bertz CT molecular complexity index is 1190. The van der Waals surface area contributed by atoms with Gasteiger partial charge in [0.15, 0.2) is 11.5 Å². The number of imidazole rings is 1. The zero-order valence-electron chi connectivity index (χ0n) is 17.4. The summed E-state index contributed by atoms with van der Waals surface area (Å²) in [7, 11) is 0.859. The first-order chi connectivity index (χ1) is 15.6. The average Bonchev–Trinajstić information content (AvgIpc) is 3.05. The van der Waals surface area contributed by atoms with Gasteiger partial charge in [-0.1, -0.05) is 5.92 Å². The molecule has 3 rings (SSSR count). The first-order valence-electron chi connectivity index (χ1n) is 9.49. The highest BCUT2D eigenvalue weighted by Gasteiger charge is 2.45. The van der Waals surface area contributed by atoms with Crippen LogP contribution in [0.15, 0.2) is 4.79 Å². The van der Waals surface area contributed by atoms with E-state index < -0.39 is 30.0 Å². The quantitative estimate of drug-likeness (QED) is 0.362. The SMILES string of the molecule is CC#CCn1c(=O)n(C(OC(=O)C(F)(F)F)C(=O)OC)c2nc(Cl)nc(N3CCNCC3)c21. The van der Waals surface area contributed by atoms with E-state index in [9.17, 15) is 27.6 Å². The standard InChI is InChI=1S/C18H18ClF3N6O5/c1-3-4-7-27-10-11(26-8-5-23-6-9-26)24-16(19)25-12(10)28(17(27)31)13(14(29)32-2)33-15(30)18(20,21)22/h13,23H,5-9H2,1-2H3. The van der Waals surface area contributed by atoms with E-state index in [1.807, 2.05) is 0 Å². The number of alkyl halides is 3. The highest BCUT2D eigenvalue weighted by molar-refractivity contribution is 6.28. The van der Waals surface area contributed by atoms with Gasteiger partial charge in [0.1, 0.15) is 5.52 Å². The number of aromatic nitrogens is 4. The van der Waals surface area contributed by atoms with Crippen molar-refractivity contribution < 1.29 is 32.2 Å². The molecule has 1 saturated heterocycles. The second kappa shape index (κ2) is 9.67. The molecular weight excluding hydrogens is 473 g/mol. The molecule has 0 aromatic carbocycles. The molecule has 0 bridgehead atoms. The van der Waals surface area contributed by atoms with E-state index in [2.05, 4.69) is 36.6 Å². The van der Waals surface area contributed by atoms with Crippen LogP contribution in [0.25, 0.3) is 11.2 Å². The largest absolute Gasteiger partial charge is 0.491 e. The third-order valence-electron chi connectivity index (χ3n) is 4.67. The minimum atomic E-state index is -5.43. The number of piperazine rings is 1. The lowest BCUT2D eigenvalue weighted by Crippen LogP contribution is -2.44. The number of carbonyl (C=O) groups excluding carboxylic acids is 2. The first kappa shape index (κ1) is 24.3. The van der Waals surface area contributed by atoms with Gasteiger partial charge in [0.25, 0.3) is 6.23 Å². The molecule has 1 atom stereocenters. The first-order valence-corrected chi connectivity index (χ1v) is 9.87. The molecule has 11 nitrogen and oxygen atoms in total. The molecule has 178 valence electrons. The van der Waals surface area contributed by atoms with Gasteiger partial charge in [0.05, 0.1) is 13.7 Å². The van der Waals surface area contributed by atoms with Crippen molar-refractivity contribution in [3.8, 4) is 11.8 Å². The van der Waals surface area contributed by atoms with Crippen molar-refractivity contribution in [3.05, 3.63) is 15.8 Å². The molecule has 0 amide bonds. The second-order valence-corrected chi connectivity index (χ2v) is 7.01. The van der Waals surface area contributed by atoms with E-state index in [-0.39, 0.29) is 28.8 Å². The normalized spacial score (nSPS) is 15.0. The molecular formula is C18H18ClF3N6O5. The number of halogens is 4. The third kappa shape index (κ3) is 4.88. The van der Waals surface area contributed by atoms with Crippen molar-refractivity contribution in [2.45, 2.75) is 25.9 Å². The fraction of sp³-hybridized carbons (Fsp3) is 0.500. The molecule has 0 radical (unpaired) electrons. The van der Waals surface area contributed by atoms with E-state index in [1.165, 1.54) is 6.92 Å².